The Morgan fingerprint density at radius 2 is 2.17 bits per heavy atom. The Balaban J connectivity index is 1.86. The van der Waals surface area contributed by atoms with Gasteiger partial charge in [0.1, 0.15) is 12.1 Å². The van der Waals surface area contributed by atoms with Crippen molar-refractivity contribution in [3.63, 3.8) is 0 Å². The molecule has 3 rings (SSSR count). The molecule has 0 radical (unpaired) electrons. The Kier molecular flexibility index (Phi) is 3.89. The van der Waals surface area contributed by atoms with Gasteiger partial charge in [0.15, 0.2) is 0 Å². The molecule has 7 heteroatoms. The van der Waals surface area contributed by atoms with Crippen molar-refractivity contribution in [2.75, 3.05) is 19.6 Å². The molecule has 2 aromatic rings. The van der Waals surface area contributed by atoms with Crippen molar-refractivity contribution < 1.29 is 9.18 Å². The number of hydrogen-bond acceptors (Lipinski definition) is 4. The molecule has 122 valence electrons. The summed E-state index contributed by atoms with van der Waals surface area (Å²) in [6, 6.07) is 4.80. The van der Waals surface area contributed by atoms with Gasteiger partial charge in [-0.3, -0.25) is 4.79 Å². The maximum absolute atomic E-state index is 13.7. The van der Waals surface area contributed by atoms with Crippen molar-refractivity contribution in [1.82, 2.24) is 25.0 Å². The van der Waals surface area contributed by atoms with E-state index >= 15 is 0 Å². The molecule has 0 spiro atoms. The van der Waals surface area contributed by atoms with Crippen LogP contribution in [0.4, 0.5) is 4.39 Å². The minimum Gasteiger partial charge on any atom is -0.328 e. The quantitative estimate of drug-likeness (QED) is 0.912. The fourth-order valence-corrected chi connectivity index (χ4v) is 2.69. The molecule has 1 N–H and O–H groups in total. The second-order valence-corrected chi connectivity index (χ2v) is 6.39. The molecule has 0 aliphatic carbocycles. The molecule has 1 aromatic carbocycles. The average molecular weight is 317 g/mol. The van der Waals surface area contributed by atoms with Gasteiger partial charge in [-0.05, 0) is 38.5 Å². The summed E-state index contributed by atoms with van der Waals surface area (Å²) < 4.78 is 15.1. The Hall–Kier alpha value is -2.28. The van der Waals surface area contributed by atoms with Crippen molar-refractivity contribution in [2.24, 2.45) is 0 Å². The van der Waals surface area contributed by atoms with Gasteiger partial charge in [0, 0.05) is 19.6 Å². The van der Waals surface area contributed by atoms with Crippen LogP contribution in [0.25, 0.3) is 5.69 Å². The van der Waals surface area contributed by atoms with E-state index in [0.717, 1.165) is 13.1 Å². The van der Waals surface area contributed by atoms with Crippen molar-refractivity contribution in [3.05, 3.63) is 41.7 Å². The lowest BCUT2D eigenvalue weighted by atomic mass is 10.00. The number of piperazine rings is 1. The van der Waals surface area contributed by atoms with Gasteiger partial charge in [0.25, 0.3) is 5.91 Å². The predicted octanol–water partition coefficient (Wildman–Crippen LogP) is 1.54. The third kappa shape index (κ3) is 2.96. The van der Waals surface area contributed by atoms with Crippen LogP contribution >= 0.6 is 0 Å². The van der Waals surface area contributed by atoms with Gasteiger partial charge >= 0.3 is 0 Å². The summed E-state index contributed by atoms with van der Waals surface area (Å²) in [5.74, 6) is -0.391. The molecule has 1 saturated heterocycles. The lowest BCUT2D eigenvalue weighted by Crippen LogP contribution is -2.60. The molecule has 1 fully saturated rings. The summed E-state index contributed by atoms with van der Waals surface area (Å²) in [5.41, 5.74) is 0.809. The molecule has 0 atom stereocenters. The summed E-state index contributed by atoms with van der Waals surface area (Å²) in [6.07, 6.45) is 1.44. The van der Waals surface area contributed by atoms with E-state index in [1.54, 1.807) is 24.0 Å². The molecule has 6 nitrogen and oxygen atoms in total. The molecule has 2 heterocycles. The van der Waals surface area contributed by atoms with E-state index in [0.29, 0.717) is 17.8 Å². The molecule has 1 amide bonds. The molecule has 0 unspecified atom stereocenters. The second kappa shape index (κ2) is 5.73. The normalized spacial score (nSPS) is 17.3. The molecular formula is C16H20FN5O. The number of carbonyl (C=O) groups is 1. The van der Waals surface area contributed by atoms with Crippen LogP contribution in [0, 0.1) is 12.7 Å². The van der Waals surface area contributed by atoms with Crippen LogP contribution in [0.15, 0.2) is 24.5 Å². The highest BCUT2D eigenvalue weighted by atomic mass is 19.1. The van der Waals surface area contributed by atoms with Crippen LogP contribution in [0.5, 0.6) is 0 Å². The van der Waals surface area contributed by atoms with Crippen molar-refractivity contribution in [3.8, 4) is 5.69 Å². The topological polar surface area (TPSA) is 63.1 Å². The van der Waals surface area contributed by atoms with Crippen LogP contribution < -0.4 is 5.32 Å². The number of halogens is 1. The summed E-state index contributed by atoms with van der Waals surface area (Å²) in [6.45, 7) is 7.79. The maximum Gasteiger partial charge on any atom is 0.294 e. The van der Waals surface area contributed by atoms with E-state index in [-0.39, 0.29) is 23.1 Å². The van der Waals surface area contributed by atoms with Gasteiger partial charge in [-0.2, -0.15) is 0 Å². The highest BCUT2D eigenvalue weighted by Crippen LogP contribution is 2.19. The minimum atomic E-state index is -0.311. The monoisotopic (exact) mass is 317 g/mol. The molecule has 0 bridgehead atoms. The van der Waals surface area contributed by atoms with E-state index in [1.165, 1.54) is 17.1 Å². The van der Waals surface area contributed by atoms with Gasteiger partial charge in [0.05, 0.1) is 11.2 Å². The highest BCUT2D eigenvalue weighted by molar-refractivity contribution is 5.91. The molecule has 1 aliphatic rings. The van der Waals surface area contributed by atoms with Crippen molar-refractivity contribution in [2.45, 2.75) is 26.3 Å². The van der Waals surface area contributed by atoms with Gasteiger partial charge in [-0.25, -0.2) is 14.1 Å². The predicted molar refractivity (Wildman–Crippen MR) is 84.0 cm³/mol. The standard InChI is InChI=1S/C16H20FN5O/c1-11-4-5-12(8-13(11)17)22-10-19-14(20-22)15(23)21-7-6-18-9-16(21,2)3/h4-5,8,10,18H,6-7,9H2,1-3H3. The number of aromatic nitrogens is 3. The molecular weight excluding hydrogens is 297 g/mol. The minimum absolute atomic E-state index is 0.126. The smallest absolute Gasteiger partial charge is 0.294 e. The van der Waals surface area contributed by atoms with Crippen LogP contribution in [0.1, 0.15) is 30.0 Å². The third-order valence-corrected chi connectivity index (χ3v) is 4.15. The first kappa shape index (κ1) is 15.6. The Bertz CT molecular complexity index is 740. The van der Waals surface area contributed by atoms with Crippen LogP contribution in [0.3, 0.4) is 0 Å². The Labute approximate surface area is 134 Å². The lowest BCUT2D eigenvalue weighted by Gasteiger charge is -2.42. The Morgan fingerprint density at radius 3 is 2.87 bits per heavy atom. The fraction of sp³-hybridized carbons (Fsp3) is 0.438. The zero-order chi connectivity index (χ0) is 16.6. The molecule has 1 aromatic heterocycles. The second-order valence-electron chi connectivity index (χ2n) is 6.39. The fourth-order valence-electron chi connectivity index (χ4n) is 2.69. The number of hydrogen-bond donors (Lipinski definition) is 1. The van der Waals surface area contributed by atoms with E-state index in [2.05, 4.69) is 15.4 Å². The van der Waals surface area contributed by atoms with E-state index in [9.17, 15) is 9.18 Å². The van der Waals surface area contributed by atoms with Crippen LogP contribution in [-0.4, -0.2) is 50.7 Å². The Morgan fingerprint density at radius 1 is 1.39 bits per heavy atom. The highest BCUT2D eigenvalue weighted by Gasteiger charge is 2.35. The number of carbonyl (C=O) groups excluding carboxylic acids is 1. The number of nitrogens with one attached hydrogen (secondary N) is 1. The van der Waals surface area contributed by atoms with E-state index in [1.807, 2.05) is 13.8 Å². The molecule has 23 heavy (non-hydrogen) atoms. The van der Waals surface area contributed by atoms with Crippen molar-refractivity contribution in [1.29, 1.82) is 0 Å². The lowest BCUT2D eigenvalue weighted by molar-refractivity contribution is 0.0465. The molecule has 0 saturated carbocycles. The first-order chi connectivity index (χ1) is 10.9. The zero-order valence-electron chi connectivity index (χ0n) is 13.5. The van der Waals surface area contributed by atoms with Crippen LogP contribution in [-0.2, 0) is 0 Å². The first-order valence-corrected chi connectivity index (χ1v) is 7.59. The number of nitrogens with zero attached hydrogens (tertiary/aromatic N) is 4. The number of rotatable bonds is 2. The van der Waals surface area contributed by atoms with Gasteiger partial charge < -0.3 is 10.2 Å². The summed E-state index contributed by atoms with van der Waals surface area (Å²) in [7, 11) is 0. The summed E-state index contributed by atoms with van der Waals surface area (Å²) >= 11 is 0. The van der Waals surface area contributed by atoms with Crippen molar-refractivity contribution >= 4 is 5.91 Å². The zero-order valence-corrected chi connectivity index (χ0v) is 13.5. The van der Waals surface area contributed by atoms with Gasteiger partial charge in [-0.1, -0.05) is 6.07 Å². The maximum atomic E-state index is 13.7. The van der Waals surface area contributed by atoms with Gasteiger partial charge in [0.2, 0.25) is 5.82 Å². The van der Waals surface area contributed by atoms with Gasteiger partial charge in [-0.15, -0.1) is 5.10 Å². The van der Waals surface area contributed by atoms with E-state index in [4.69, 9.17) is 0 Å². The summed E-state index contributed by atoms with van der Waals surface area (Å²) in [5, 5.41) is 7.49. The average Bonchev–Trinajstić information content (AvgIpc) is 2.99. The summed E-state index contributed by atoms with van der Waals surface area (Å²) in [4.78, 5) is 18.5. The molecule has 1 aliphatic heterocycles. The number of benzene rings is 1. The first-order valence-electron chi connectivity index (χ1n) is 7.59. The SMILES string of the molecule is Cc1ccc(-n2cnc(C(=O)N3CCNCC3(C)C)n2)cc1F. The van der Waals surface area contributed by atoms with Crippen LogP contribution in [0.2, 0.25) is 0 Å². The van der Waals surface area contributed by atoms with E-state index < -0.39 is 0 Å². The number of aryl methyl sites for hydroxylation is 1. The number of amides is 1. The largest absolute Gasteiger partial charge is 0.328 e. The third-order valence-electron chi connectivity index (χ3n) is 4.15.